The van der Waals surface area contributed by atoms with E-state index in [9.17, 15) is 18.0 Å². The van der Waals surface area contributed by atoms with E-state index < -0.39 is 23.7 Å². The number of halogens is 3. The highest BCUT2D eigenvalue weighted by Crippen LogP contribution is 2.37. The zero-order valence-electron chi connectivity index (χ0n) is 8.27. The van der Waals surface area contributed by atoms with Gasteiger partial charge in [0.1, 0.15) is 5.57 Å². The van der Waals surface area contributed by atoms with Crippen LogP contribution in [0.3, 0.4) is 0 Å². The maximum atomic E-state index is 12.5. The number of hydrogen-bond acceptors (Lipinski definition) is 2. The van der Waals surface area contributed by atoms with E-state index in [2.05, 4.69) is 0 Å². The highest BCUT2D eigenvalue weighted by molar-refractivity contribution is 5.94. The van der Waals surface area contributed by atoms with E-state index in [0.717, 1.165) is 0 Å². The second kappa shape index (κ2) is 3.84. The summed E-state index contributed by atoms with van der Waals surface area (Å²) in [6.07, 6.45) is -4.05. The topological polar surface area (TPSA) is 69.1 Å². The molecule has 0 aromatic carbocycles. The van der Waals surface area contributed by atoms with Crippen molar-refractivity contribution >= 4 is 5.91 Å². The lowest BCUT2D eigenvalue weighted by atomic mass is 10.0. The molecule has 0 aliphatic heterocycles. The molecule has 2 atom stereocenters. The van der Waals surface area contributed by atoms with E-state index >= 15 is 0 Å². The molecule has 1 amide bonds. The minimum atomic E-state index is -4.71. The zero-order chi connectivity index (χ0) is 11.8. The quantitative estimate of drug-likeness (QED) is 0.652. The summed E-state index contributed by atoms with van der Waals surface area (Å²) >= 11 is 0. The summed E-state index contributed by atoms with van der Waals surface area (Å²) in [5.74, 6) is -1.38. The van der Waals surface area contributed by atoms with Gasteiger partial charge >= 0.3 is 6.18 Å². The third-order valence-electron chi connectivity index (χ3n) is 2.52. The van der Waals surface area contributed by atoms with Crippen LogP contribution in [0.1, 0.15) is 19.8 Å². The number of rotatable bonds is 1. The van der Waals surface area contributed by atoms with Gasteiger partial charge in [0, 0.05) is 6.04 Å². The Kier molecular flexibility index (Phi) is 3.08. The Balaban J connectivity index is 3.18. The van der Waals surface area contributed by atoms with Crippen LogP contribution in [0.2, 0.25) is 0 Å². The summed E-state index contributed by atoms with van der Waals surface area (Å²) in [5, 5.41) is 0. The van der Waals surface area contributed by atoms with Crippen LogP contribution in [0.15, 0.2) is 11.1 Å². The number of nitrogens with two attached hydrogens (primary N) is 2. The van der Waals surface area contributed by atoms with Gasteiger partial charge < -0.3 is 11.5 Å². The van der Waals surface area contributed by atoms with Gasteiger partial charge in [-0.3, -0.25) is 4.79 Å². The van der Waals surface area contributed by atoms with Crippen molar-refractivity contribution in [2.75, 3.05) is 0 Å². The number of primary amides is 1. The molecule has 0 radical (unpaired) electrons. The van der Waals surface area contributed by atoms with Crippen LogP contribution in [-0.4, -0.2) is 18.1 Å². The molecule has 6 heteroatoms. The SMILES string of the molecule is C[C@H]1C/C(=C(/C(N)=O)C(F)(F)F)[C@@H](N)C1. The predicted octanol–water partition coefficient (Wildman–Crippen LogP) is 1.09. The standard InChI is InChI=1S/C9H13F3N2O/c1-4-2-5(6(13)3-4)7(8(14)15)9(10,11)12/h4,6H,2-3,13H2,1H3,(H2,14,15)/b7-5+/t4-,6-/m0/s1. The summed E-state index contributed by atoms with van der Waals surface area (Å²) in [7, 11) is 0. The molecule has 0 saturated heterocycles. The van der Waals surface area contributed by atoms with Gasteiger partial charge in [-0.1, -0.05) is 6.92 Å². The Morgan fingerprint density at radius 2 is 2.00 bits per heavy atom. The second-order valence-corrected chi connectivity index (χ2v) is 3.91. The van der Waals surface area contributed by atoms with Crippen molar-refractivity contribution in [3.8, 4) is 0 Å². The van der Waals surface area contributed by atoms with Gasteiger partial charge in [0.25, 0.3) is 5.91 Å². The van der Waals surface area contributed by atoms with E-state index in [1.807, 2.05) is 0 Å². The number of amides is 1. The third kappa shape index (κ3) is 2.50. The van der Waals surface area contributed by atoms with Gasteiger partial charge in [-0.25, -0.2) is 0 Å². The van der Waals surface area contributed by atoms with Crippen molar-refractivity contribution in [2.24, 2.45) is 17.4 Å². The van der Waals surface area contributed by atoms with Gasteiger partial charge in [-0.05, 0) is 24.3 Å². The lowest BCUT2D eigenvalue weighted by Gasteiger charge is -2.14. The van der Waals surface area contributed by atoms with Crippen molar-refractivity contribution in [1.82, 2.24) is 0 Å². The van der Waals surface area contributed by atoms with E-state index in [0.29, 0.717) is 6.42 Å². The van der Waals surface area contributed by atoms with Crippen LogP contribution >= 0.6 is 0 Å². The maximum absolute atomic E-state index is 12.5. The van der Waals surface area contributed by atoms with Crippen molar-refractivity contribution < 1.29 is 18.0 Å². The van der Waals surface area contributed by atoms with E-state index in [-0.39, 0.29) is 17.9 Å². The molecule has 15 heavy (non-hydrogen) atoms. The normalized spacial score (nSPS) is 30.5. The molecule has 0 unspecified atom stereocenters. The molecule has 0 heterocycles. The lowest BCUT2D eigenvalue weighted by molar-refractivity contribution is -0.128. The van der Waals surface area contributed by atoms with Gasteiger partial charge in [-0.15, -0.1) is 0 Å². The van der Waals surface area contributed by atoms with Gasteiger partial charge in [0.05, 0.1) is 0 Å². The van der Waals surface area contributed by atoms with Gasteiger partial charge in [0.15, 0.2) is 0 Å². The average molecular weight is 222 g/mol. The molecule has 0 aromatic rings. The maximum Gasteiger partial charge on any atom is 0.421 e. The Labute approximate surface area is 85.3 Å². The molecule has 1 rings (SSSR count). The number of carbonyl (C=O) groups is 1. The molecule has 0 aromatic heterocycles. The number of alkyl halides is 3. The van der Waals surface area contributed by atoms with Crippen LogP contribution in [0.25, 0.3) is 0 Å². The fraction of sp³-hybridized carbons (Fsp3) is 0.667. The monoisotopic (exact) mass is 222 g/mol. The summed E-state index contributed by atoms with van der Waals surface area (Å²) in [6, 6.07) is -0.705. The van der Waals surface area contributed by atoms with E-state index in [1.165, 1.54) is 0 Å². The first-order valence-electron chi connectivity index (χ1n) is 4.59. The molecule has 86 valence electrons. The molecule has 1 saturated carbocycles. The van der Waals surface area contributed by atoms with Crippen LogP contribution in [-0.2, 0) is 4.79 Å². The smallest absolute Gasteiger partial charge is 0.366 e. The Morgan fingerprint density at radius 1 is 1.47 bits per heavy atom. The number of hydrogen-bond donors (Lipinski definition) is 2. The molecule has 3 nitrogen and oxygen atoms in total. The minimum Gasteiger partial charge on any atom is -0.366 e. The molecule has 0 spiro atoms. The van der Waals surface area contributed by atoms with E-state index in [1.54, 1.807) is 6.92 Å². The van der Waals surface area contributed by atoms with Crippen molar-refractivity contribution in [1.29, 1.82) is 0 Å². The first-order valence-corrected chi connectivity index (χ1v) is 4.59. The fourth-order valence-corrected chi connectivity index (χ4v) is 1.95. The molecule has 4 N–H and O–H groups in total. The molecule has 1 aliphatic rings. The van der Waals surface area contributed by atoms with Crippen molar-refractivity contribution in [3.05, 3.63) is 11.1 Å². The predicted molar refractivity (Wildman–Crippen MR) is 48.6 cm³/mol. The highest BCUT2D eigenvalue weighted by atomic mass is 19.4. The molecule has 0 bridgehead atoms. The summed E-state index contributed by atoms with van der Waals surface area (Å²) in [4.78, 5) is 10.8. The minimum absolute atomic E-state index is 0.0532. The molecule has 1 fully saturated rings. The van der Waals surface area contributed by atoms with Crippen molar-refractivity contribution in [3.63, 3.8) is 0 Å². The molecular formula is C9H13F3N2O. The Morgan fingerprint density at radius 3 is 2.27 bits per heavy atom. The van der Waals surface area contributed by atoms with Crippen LogP contribution in [0.5, 0.6) is 0 Å². The molecular weight excluding hydrogens is 209 g/mol. The third-order valence-corrected chi connectivity index (χ3v) is 2.52. The summed E-state index contributed by atoms with van der Waals surface area (Å²) in [5.41, 5.74) is 8.96. The Hall–Kier alpha value is -1.04. The van der Waals surface area contributed by atoms with Crippen LogP contribution < -0.4 is 11.5 Å². The number of carbonyl (C=O) groups excluding carboxylic acids is 1. The zero-order valence-corrected chi connectivity index (χ0v) is 8.27. The molecule has 1 aliphatic carbocycles. The first-order chi connectivity index (χ1) is 6.73. The first kappa shape index (κ1) is 12.0. The van der Waals surface area contributed by atoms with Crippen LogP contribution in [0, 0.1) is 5.92 Å². The Bertz CT molecular complexity index is 309. The van der Waals surface area contributed by atoms with E-state index in [4.69, 9.17) is 11.5 Å². The summed E-state index contributed by atoms with van der Waals surface area (Å²) < 4.78 is 37.5. The summed E-state index contributed by atoms with van der Waals surface area (Å²) in [6.45, 7) is 1.79. The van der Waals surface area contributed by atoms with Gasteiger partial charge in [0.2, 0.25) is 0 Å². The fourth-order valence-electron chi connectivity index (χ4n) is 1.95. The second-order valence-electron chi connectivity index (χ2n) is 3.91. The van der Waals surface area contributed by atoms with Gasteiger partial charge in [-0.2, -0.15) is 13.2 Å². The largest absolute Gasteiger partial charge is 0.421 e. The average Bonchev–Trinajstić information content (AvgIpc) is 2.26. The van der Waals surface area contributed by atoms with Crippen LogP contribution in [0.4, 0.5) is 13.2 Å². The lowest BCUT2D eigenvalue weighted by Crippen LogP contribution is -2.31. The van der Waals surface area contributed by atoms with Crippen molar-refractivity contribution in [2.45, 2.75) is 32.0 Å². The highest BCUT2D eigenvalue weighted by Gasteiger charge is 2.43.